The maximum Gasteiger partial charge on any atom is 0.221 e. The lowest BCUT2D eigenvalue weighted by atomic mass is 9.86. The second kappa shape index (κ2) is 6.00. The van der Waals surface area contributed by atoms with Crippen molar-refractivity contribution in [1.82, 2.24) is 9.97 Å². The summed E-state index contributed by atoms with van der Waals surface area (Å²) < 4.78 is 26.4. The molecule has 0 amide bonds. The van der Waals surface area contributed by atoms with Crippen LogP contribution in [-0.4, -0.2) is 9.97 Å². The highest BCUT2D eigenvalue weighted by atomic mass is 19.1. The number of halogens is 2. The zero-order chi connectivity index (χ0) is 16.4. The molecule has 0 aliphatic carbocycles. The zero-order valence-corrected chi connectivity index (χ0v) is 12.1. The Bertz CT molecular complexity index is 772. The summed E-state index contributed by atoms with van der Waals surface area (Å²) in [6.07, 6.45) is 1.54. The van der Waals surface area contributed by atoms with Crippen molar-refractivity contribution in [1.29, 1.82) is 0 Å². The molecule has 0 saturated carbocycles. The van der Waals surface area contributed by atoms with Gasteiger partial charge in [0.05, 0.1) is 0 Å². The van der Waals surface area contributed by atoms with Gasteiger partial charge in [0.25, 0.3) is 0 Å². The number of rotatable bonds is 3. The van der Waals surface area contributed by atoms with E-state index in [1.165, 1.54) is 30.5 Å². The van der Waals surface area contributed by atoms with E-state index in [9.17, 15) is 8.78 Å². The lowest BCUT2D eigenvalue weighted by molar-refractivity contribution is 0.626. The minimum absolute atomic E-state index is 0.0724. The quantitative estimate of drug-likeness (QED) is 0.779. The van der Waals surface area contributed by atoms with Crippen LogP contribution in [0.2, 0.25) is 0 Å². The molecule has 0 aliphatic heterocycles. The molecule has 0 spiro atoms. The van der Waals surface area contributed by atoms with Crippen LogP contribution in [0.25, 0.3) is 0 Å². The highest BCUT2D eigenvalue weighted by Crippen LogP contribution is 2.34. The Morgan fingerprint density at radius 3 is 1.70 bits per heavy atom. The SMILES string of the molecule is Nc1ncc(C(c2ccc(F)cc2)c2ccc(F)cc2)c(N)n1. The zero-order valence-electron chi connectivity index (χ0n) is 12.1. The molecule has 0 bridgehead atoms. The summed E-state index contributed by atoms with van der Waals surface area (Å²) in [5.41, 5.74) is 13.7. The van der Waals surface area contributed by atoms with Gasteiger partial charge in [0.1, 0.15) is 17.5 Å². The first-order chi connectivity index (χ1) is 11.0. The van der Waals surface area contributed by atoms with Crippen LogP contribution in [0.3, 0.4) is 0 Å². The van der Waals surface area contributed by atoms with Gasteiger partial charge in [-0.2, -0.15) is 4.98 Å². The second-order valence-corrected chi connectivity index (χ2v) is 5.10. The number of benzene rings is 2. The van der Waals surface area contributed by atoms with Crippen LogP contribution in [0, 0.1) is 11.6 Å². The van der Waals surface area contributed by atoms with E-state index < -0.39 is 0 Å². The molecule has 0 radical (unpaired) electrons. The third kappa shape index (κ3) is 3.11. The number of aromatic nitrogens is 2. The first kappa shape index (κ1) is 14.9. The molecule has 4 nitrogen and oxygen atoms in total. The van der Waals surface area contributed by atoms with E-state index in [-0.39, 0.29) is 29.3 Å². The van der Waals surface area contributed by atoms with Crippen LogP contribution in [0.15, 0.2) is 54.7 Å². The summed E-state index contributed by atoms with van der Waals surface area (Å²) >= 11 is 0. The first-order valence-corrected chi connectivity index (χ1v) is 6.93. The van der Waals surface area contributed by atoms with Crippen molar-refractivity contribution >= 4 is 11.8 Å². The Morgan fingerprint density at radius 1 is 0.783 bits per heavy atom. The van der Waals surface area contributed by atoms with Crippen LogP contribution in [0.1, 0.15) is 22.6 Å². The maximum atomic E-state index is 13.2. The smallest absolute Gasteiger partial charge is 0.221 e. The third-order valence-electron chi connectivity index (χ3n) is 3.58. The van der Waals surface area contributed by atoms with Crippen molar-refractivity contribution in [3.63, 3.8) is 0 Å². The van der Waals surface area contributed by atoms with E-state index >= 15 is 0 Å². The van der Waals surface area contributed by atoms with E-state index in [0.29, 0.717) is 5.56 Å². The van der Waals surface area contributed by atoms with E-state index in [1.807, 2.05) is 0 Å². The summed E-state index contributed by atoms with van der Waals surface area (Å²) in [6, 6.07) is 12.1. The Kier molecular flexibility index (Phi) is 3.89. The lowest BCUT2D eigenvalue weighted by Crippen LogP contribution is -2.10. The Morgan fingerprint density at radius 2 is 1.26 bits per heavy atom. The van der Waals surface area contributed by atoms with Gasteiger partial charge in [-0.1, -0.05) is 24.3 Å². The van der Waals surface area contributed by atoms with Gasteiger partial charge in [-0.25, -0.2) is 13.8 Å². The topological polar surface area (TPSA) is 77.8 Å². The summed E-state index contributed by atoms with van der Waals surface area (Å²) in [5.74, 6) is -0.725. The molecule has 116 valence electrons. The molecule has 23 heavy (non-hydrogen) atoms. The predicted molar refractivity (Wildman–Crippen MR) is 84.6 cm³/mol. The number of hydrogen-bond acceptors (Lipinski definition) is 4. The summed E-state index contributed by atoms with van der Waals surface area (Å²) in [5, 5.41) is 0. The van der Waals surface area contributed by atoms with Gasteiger partial charge in [-0.05, 0) is 35.4 Å². The van der Waals surface area contributed by atoms with E-state index in [4.69, 9.17) is 11.5 Å². The molecule has 3 rings (SSSR count). The normalized spacial score (nSPS) is 10.9. The summed E-state index contributed by atoms with van der Waals surface area (Å²) in [7, 11) is 0. The number of nitrogen functional groups attached to an aromatic ring is 2. The van der Waals surface area contributed by atoms with Crippen molar-refractivity contribution in [2.45, 2.75) is 5.92 Å². The first-order valence-electron chi connectivity index (χ1n) is 6.93. The molecule has 1 heterocycles. The van der Waals surface area contributed by atoms with Gasteiger partial charge in [0.15, 0.2) is 0 Å². The van der Waals surface area contributed by atoms with Crippen LogP contribution in [0.4, 0.5) is 20.5 Å². The summed E-state index contributed by atoms with van der Waals surface area (Å²) in [4.78, 5) is 7.96. The molecule has 0 saturated heterocycles. The van der Waals surface area contributed by atoms with Crippen LogP contribution < -0.4 is 11.5 Å². The molecule has 2 aromatic carbocycles. The van der Waals surface area contributed by atoms with Gasteiger partial charge < -0.3 is 11.5 Å². The van der Waals surface area contributed by atoms with Crippen molar-refractivity contribution in [2.75, 3.05) is 11.5 Å². The molecule has 1 aromatic heterocycles. The fraction of sp³-hybridized carbons (Fsp3) is 0.0588. The monoisotopic (exact) mass is 312 g/mol. The predicted octanol–water partition coefficient (Wildman–Crippen LogP) is 3.10. The number of nitrogens with zero attached hydrogens (tertiary/aromatic N) is 2. The number of anilines is 2. The Hall–Kier alpha value is -3.02. The minimum atomic E-state index is -0.350. The van der Waals surface area contributed by atoms with E-state index in [1.54, 1.807) is 24.3 Å². The van der Waals surface area contributed by atoms with Crippen molar-refractivity contribution < 1.29 is 8.78 Å². The minimum Gasteiger partial charge on any atom is -0.383 e. The Labute approximate surface area is 131 Å². The van der Waals surface area contributed by atoms with Crippen LogP contribution >= 0.6 is 0 Å². The lowest BCUT2D eigenvalue weighted by Gasteiger charge is -2.19. The molecular formula is C17H14F2N4. The maximum absolute atomic E-state index is 13.2. The average Bonchev–Trinajstić information content (AvgIpc) is 2.53. The molecule has 0 aliphatic rings. The van der Waals surface area contributed by atoms with Crippen molar-refractivity contribution in [2.24, 2.45) is 0 Å². The van der Waals surface area contributed by atoms with Crippen molar-refractivity contribution in [3.8, 4) is 0 Å². The van der Waals surface area contributed by atoms with Crippen molar-refractivity contribution in [3.05, 3.63) is 83.1 Å². The number of nitrogens with two attached hydrogens (primary N) is 2. The van der Waals surface area contributed by atoms with E-state index in [2.05, 4.69) is 9.97 Å². The standard InChI is InChI=1S/C17H14F2N4/c18-12-5-1-10(2-6-12)15(11-3-7-13(19)8-4-11)14-9-22-17(21)23-16(14)20/h1-9,15H,(H4,20,21,22,23). The van der Waals surface area contributed by atoms with Gasteiger partial charge in [0, 0.05) is 17.7 Å². The molecule has 4 N–H and O–H groups in total. The highest BCUT2D eigenvalue weighted by Gasteiger charge is 2.20. The Balaban J connectivity index is 2.16. The molecule has 3 aromatic rings. The van der Waals surface area contributed by atoms with Gasteiger partial charge in [0.2, 0.25) is 5.95 Å². The van der Waals surface area contributed by atoms with Gasteiger partial charge in [-0.3, -0.25) is 0 Å². The van der Waals surface area contributed by atoms with E-state index in [0.717, 1.165) is 11.1 Å². The number of hydrogen-bond donors (Lipinski definition) is 2. The molecular weight excluding hydrogens is 298 g/mol. The third-order valence-corrected chi connectivity index (χ3v) is 3.58. The highest BCUT2D eigenvalue weighted by molar-refractivity contribution is 5.52. The van der Waals surface area contributed by atoms with Crippen LogP contribution in [-0.2, 0) is 0 Å². The molecule has 0 fully saturated rings. The van der Waals surface area contributed by atoms with Gasteiger partial charge >= 0.3 is 0 Å². The van der Waals surface area contributed by atoms with Gasteiger partial charge in [-0.15, -0.1) is 0 Å². The average molecular weight is 312 g/mol. The molecule has 6 heteroatoms. The molecule has 0 atom stereocenters. The molecule has 0 unspecified atom stereocenters. The second-order valence-electron chi connectivity index (χ2n) is 5.10. The fourth-order valence-electron chi connectivity index (χ4n) is 2.50. The largest absolute Gasteiger partial charge is 0.383 e. The van der Waals surface area contributed by atoms with Crippen LogP contribution in [0.5, 0.6) is 0 Å². The summed E-state index contributed by atoms with van der Waals surface area (Å²) in [6.45, 7) is 0. The fourth-order valence-corrected chi connectivity index (χ4v) is 2.50.